The van der Waals surface area contributed by atoms with Gasteiger partial charge in [0.15, 0.2) is 5.75 Å². The van der Waals surface area contributed by atoms with Gasteiger partial charge in [-0.1, -0.05) is 18.2 Å². The summed E-state index contributed by atoms with van der Waals surface area (Å²) in [7, 11) is -2.65. The van der Waals surface area contributed by atoms with Crippen molar-refractivity contribution in [2.24, 2.45) is 0 Å². The first-order valence-electron chi connectivity index (χ1n) is 8.93. The molecular weight excluding hydrogens is 398 g/mol. The maximum Gasteiger partial charge on any atom is 0.312 e. The minimum Gasteiger partial charge on any atom is -0.490 e. The Labute approximate surface area is 168 Å². The summed E-state index contributed by atoms with van der Waals surface area (Å²) in [6.07, 6.45) is 0. The molecule has 0 saturated carbocycles. The molecule has 0 atom stereocenters. The molecule has 154 valence electrons. The third-order valence-corrected chi connectivity index (χ3v) is 6.78. The Morgan fingerprint density at radius 1 is 1.10 bits per heavy atom. The summed E-state index contributed by atoms with van der Waals surface area (Å²) >= 11 is 0. The third kappa shape index (κ3) is 4.08. The number of carbonyl (C=O) groups is 1. The fourth-order valence-corrected chi connectivity index (χ4v) is 4.68. The molecule has 0 N–H and O–H groups in total. The molecule has 9 nitrogen and oxygen atoms in total. The van der Waals surface area contributed by atoms with E-state index in [-0.39, 0.29) is 42.7 Å². The SMILES string of the molecule is COc1ccc(S(=O)(=O)N2CCN(C(=O)c3ccccc3C)CC2)cc1[N+](=O)[O-]. The predicted octanol–water partition coefficient (Wildman–Crippen LogP) is 2.06. The van der Waals surface area contributed by atoms with E-state index in [4.69, 9.17) is 4.74 Å². The van der Waals surface area contributed by atoms with E-state index in [1.807, 2.05) is 19.1 Å². The highest BCUT2D eigenvalue weighted by Gasteiger charge is 2.32. The molecule has 0 unspecified atom stereocenters. The van der Waals surface area contributed by atoms with E-state index in [0.717, 1.165) is 11.6 Å². The van der Waals surface area contributed by atoms with E-state index in [1.54, 1.807) is 17.0 Å². The first-order valence-corrected chi connectivity index (χ1v) is 10.4. The number of methoxy groups -OCH3 is 1. The molecule has 0 spiro atoms. The molecule has 2 aromatic carbocycles. The summed E-state index contributed by atoms with van der Waals surface area (Å²) in [5.74, 6) is -0.150. The predicted molar refractivity (Wildman–Crippen MR) is 105 cm³/mol. The van der Waals surface area contributed by atoms with Crippen LogP contribution in [0.25, 0.3) is 0 Å². The van der Waals surface area contributed by atoms with Crippen molar-refractivity contribution in [3.63, 3.8) is 0 Å². The molecule has 10 heteroatoms. The maximum absolute atomic E-state index is 12.9. The number of nitrogens with zero attached hydrogens (tertiary/aromatic N) is 3. The number of carbonyl (C=O) groups excluding carboxylic acids is 1. The van der Waals surface area contributed by atoms with Crippen LogP contribution in [0.2, 0.25) is 0 Å². The monoisotopic (exact) mass is 419 g/mol. The van der Waals surface area contributed by atoms with Gasteiger partial charge in [0, 0.05) is 37.8 Å². The van der Waals surface area contributed by atoms with Crippen molar-refractivity contribution in [3.05, 3.63) is 63.7 Å². The second-order valence-corrected chi connectivity index (χ2v) is 8.54. The molecule has 0 aromatic heterocycles. The van der Waals surface area contributed by atoms with Crippen LogP contribution >= 0.6 is 0 Å². The molecule has 1 heterocycles. The Kier molecular flexibility index (Phi) is 5.85. The first kappa shape index (κ1) is 20.7. The van der Waals surface area contributed by atoms with E-state index < -0.39 is 20.6 Å². The zero-order chi connectivity index (χ0) is 21.2. The van der Waals surface area contributed by atoms with Crippen LogP contribution in [0.5, 0.6) is 5.75 Å². The number of nitro benzene ring substituents is 1. The lowest BCUT2D eigenvalue weighted by molar-refractivity contribution is -0.386. The number of nitro groups is 1. The van der Waals surface area contributed by atoms with Crippen LogP contribution in [0.3, 0.4) is 0 Å². The Hall–Kier alpha value is -2.98. The normalized spacial score (nSPS) is 15.2. The fourth-order valence-electron chi connectivity index (χ4n) is 3.24. The minimum atomic E-state index is -3.93. The number of hydrogen-bond donors (Lipinski definition) is 0. The fraction of sp³-hybridized carbons (Fsp3) is 0.316. The molecule has 1 amide bonds. The van der Waals surface area contributed by atoms with Crippen molar-refractivity contribution in [1.82, 2.24) is 9.21 Å². The van der Waals surface area contributed by atoms with Crippen LogP contribution in [0.1, 0.15) is 15.9 Å². The van der Waals surface area contributed by atoms with Crippen molar-refractivity contribution in [2.45, 2.75) is 11.8 Å². The van der Waals surface area contributed by atoms with E-state index in [0.29, 0.717) is 5.56 Å². The van der Waals surface area contributed by atoms with Crippen LogP contribution < -0.4 is 4.74 Å². The smallest absolute Gasteiger partial charge is 0.312 e. The highest BCUT2D eigenvalue weighted by atomic mass is 32.2. The number of benzene rings is 2. The molecule has 1 saturated heterocycles. The molecule has 2 aromatic rings. The quantitative estimate of drug-likeness (QED) is 0.542. The van der Waals surface area contributed by atoms with Gasteiger partial charge in [-0.25, -0.2) is 8.42 Å². The number of ether oxygens (including phenoxy) is 1. The van der Waals surface area contributed by atoms with Gasteiger partial charge < -0.3 is 9.64 Å². The number of piperazine rings is 1. The Morgan fingerprint density at radius 2 is 1.76 bits per heavy atom. The average Bonchev–Trinajstić information content (AvgIpc) is 2.73. The van der Waals surface area contributed by atoms with Gasteiger partial charge in [-0.15, -0.1) is 0 Å². The number of rotatable bonds is 5. The van der Waals surface area contributed by atoms with Crippen molar-refractivity contribution in [1.29, 1.82) is 0 Å². The second-order valence-electron chi connectivity index (χ2n) is 6.60. The van der Waals surface area contributed by atoms with Gasteiger partial charge in [0.05, 0.1) is 16.9 Å². The van der Waals surface area contributed by atoms with Gasteiger partial charge in [0.25, 0.3) is 5.91 Å². The summed E-state index contributed by atoms with van der Waals surface area (Å²) in [5.41, 5.74) is 1.04. The Morgan fingerprint density at radius 3 is 2.34 bits per heavy atom. The highest BCUT2D eigenvalue weighted by Crippen LogP contribution is 2.30. The van der Waals surface area contributed by atoms with Crippen LogP contribution in [0.4, 0.5) is 5.69 Å². The summed E-state index contributed by atoms with van der Waals surface area (Å²) in [4.78, 5) is 24.7. The second kappa shape index (κ2) is 8.18. The highest BCUT2D eigenvalue weighted by molar-refractivity contribution is 7.89. The van der Waals surface area contributed by atoms with E-state index >= 15 is 0 Å². The number of sulfonamides is 1. The van der Waals surface area contributed by atoms with Gasteiger partial charge in [-0.2, -0.15) is 4.31 Å². The largest absolute Gasteiger partial charge is 0.490 e. The van der Waals surface area contributed by atoms with Gasteiger partial charge in [-0.3, -0.25) is 14.9 Å². The zero-order valence-electron chi connectivity index (χ0n) is 16.1. The summed E-state index contributed by atoms with van der Waals surface area (Å²) in [6.45, 7) is 2.55. The van der Waals surface area contributed by atoms with Gasteiger partial charge in [0.2, 0.25) is 10.0 Å². The van der Waals surface area contributed by atoms with Gasteiger partial charge in [0.1, 0.15) is 0 Å². The minimum absolute atomic E-state index is 0.0115. The standard InChI is InChI=1S/C19H21N3O6S/c1-14-5-3-4-6-16(14)19(23)20-9-11-21(12-10-20)29(26,27)15-7-8-18(28-2)17(13-15)22(24)25/h3-8,13H,9-12H2,1-2H3. The Bertz CT molecular complexity index is 1050. The molecule has 1 fully saturated rings. The molecular formula is C19H21N3O6S. The van der Waals surface area contributed by atoms with E-state index in [2.05, 4.69) is 0 Å². The summed E-state index contributed by atoms with van der Waals surface area (Å²) in [6, 6.07) is 10.8. The van der Waals surface area contributed by atoms with Crippen LogP contribution in [0.15, 0.2) is 47.4 Å². The van der Waals surface area contributed by atoms with E-state index in [1.165, 1.54) is 23.5 Å². The van der Waals surface area contributed by atoms with E-state index in [9.17, 15) is 23.3 Å². The molecule has 0 radical (unpaired) electrons. The molecule has 0 aliphatic carbocycles. The van der Waals surface area contributed by atoms with Crippen molar-refractivity contribution in [2.75, 3.05) is 33.3 Å². The number of amides is 1. The van der Waals surface area contributed by atoms with Crippen molar-refractivity contribution in [3.8, 4) is 5.75 Å². The van der Waals surface area contributed by atoms with Crippen molar-refractivity contribution >= 4 is 21.6 Å². The maximum atomic E-state index is 12.9. The van der Waals surface area contributed by atoms with Crippen LogP contribution in [0, 0.1) is 17.0 Å². The lowest BCUT2D eigenvalue weighted by Crippen LogP contribution is -2.50. The number of hydrogen-bond acceptors (Lipinski definition) is 6. The van der Waals surface area contributed by atoms with Crippen LogP contribution in [-0.2, 0) is 10.0 Å². The molecule has 29 heavy (non-hydrogen) atoms. The number of aryl methyl sites for hydroxylation is 1. The lowest BCUT2D eigenvalue weighted by Gasteiger charge is -2.34. The third-order valence-electron chi connectivity index (χ3n) is 4.89. The topological polar surface area (TPSA) is 110 Å². The average molecular weight is 419 g/mol. The van der Waals surface area contributed by atoms with Crippen LogP contribution in [-0.4, -0.2) is 61.7 Å². The van der Waals surface area contributed by atoms with Gasteiger partial charge >= 0.3 is 5.69 Å². The van der Waals surface area contributed by atoms with Crippen molar-refractivity contribution < 1.29 is 22.9 Å². The summed E-state index contributed by atoms with van der Waals surface area (Å²) < 4.78 is 32.0. The van der Waals surface area contributed by atoms with Gasteiger partial charge in [-0.05, 0) is 30.7 Å². The first-order chi connectivity index (χ1) is 13.8. The summed E-state index contributed by atoms with van der Waals surface area (Å²) in [5, 5.41) is 11.2. The molecule has 1 aliphatic rings. The lowest BCUT2D eigenvalue weighted by atomic mass is 10.1. The molecule has 0 bridgehead atoms. The molecule has 1 aliphatic heterocycles. The zero-order valence-corrected chi connectivity index (χ0v) is 16.9. The molecule has 3 rings (SSSR count). The Balaban J connectivity index is 1.76.